The third kappa shape index (κ3) is 5.36. The van der Waals surface area contributed by atoms with Gasteiger partial charge in [-0.25, -0.2) is 8.78 Å². The van der Waals surface area contributed by atoms with Gasteiger partial charge in [0.15, 0.2) is 0 Å². The second-order valence-corrected chi connectivity index (χ2v) is 8.37. The number of benzene rings is 2. The molecule has 1 saturated heterocycles. The Labute approximate surface area is 191 Å². The zero-order valence-electron chi connectivity index (χ0n) is 18.9. The lowest BCUT2D eigenvalue weighted by Crippen LogP contribution is -2.50. The number of nitrogens with zero attached hydrogens (tertiary/aromatic N) is 3. The number of alkyl halides is 1. The highest BCUT2D eigenvalue weighted by Crippen LogP contribution is 2.26. The van der Waals surface area contributed by atoms with E-state index in [4.69, 9.17) is 5.73 Å². The van der Waals surface area contributed by atoms with Gasteiger partial charge in [-0.2, -0.15) is 0 Å². The predicted octanol–water partition coefficient (Wildman–Crippen LogP) is 2.17. The fraction of sp³-hybridized carbons (Fsp3) is 0.375. The van der Waals surface area contributed by atoms with Gasteiger partial charge in [-0.15, -0.1) is 0 Å². The number of carbonyl (C=O) groups excluding carboxylic acids is 3. The van der Waals surface area contributed by atoms with E-state index in [-0.39, 0.29) is 31.3 Å². The third-order valence-electron chi connectivity index (χ3n) is 5.83. The molecule has 3 atom stereocenters. The van der Waals surface area contributed by atoms with Crippen LogP contribution in [0.2, 0.25) is 0 Å². The molecular weight excluding hydrogens is 430 g/mol. The number of hydrogen-bond donors (Lipinski definition) is 1. The van der Waals surface area contributed by atoms with Crippen molar-refractivity contribution in [1.82, 2.24) is 9.80 Å². The number of likely N-dealkylation sites (tertiary alicyclic amines) is 1. The Morgan fingerprint density at radius 3 is 2.15 bits per heavy atom. The van der Waals surface area contributed by atoms with Crippen LogP contribution in [0.25, 0.3) is 0 Å². The second-order valence-electron chi connectivity index (χ2n) is 8.37. The molecule has 1 aliphatic heterocycles. The van der Waals surface area contributed by atoms with Crippen molar-refractivity contribution in [2.75, 3.05) is 39.1 Å². The molecule has 0 unspecified atom stereocenters. The molecule has 2 aromatic carbocycles. The number of rotatable bonds is 6. The van der Waals surface area contributed by atoms with Crippen LogP contribution in [-0.2, 0) is 9.59 Å². The van der Waals surface area contributed by atoms with Crippen LogP contribution in [0.1, 0.15) is 28.3 Å². The van der Waals surface area contributed by atoms with Crippen LogP contribution in [0.4, 0.5) is 14.5 Å². The fourth-order valence-electron chi connectivity index (χ4n) is 3.86. The van der Waals surface area contributed by atoms with Crippen LogP contribution in [0, 0.1) is 5.82 Å². The Bertz CT molecular complexity index is 1010. The Hall–Kier alpha value is -3.33. The fourth-order valence-corrected chi connectivity index (χ4v) is 3.86. The molecule has 0 aromatic heterocycles. The van der Waals surface area contributed by atoms with Gasteiger partial charge in [0.25, 0.3) is 5.91 Å². The number of carbonyl (C=O) groups is 3. The molecule has 1 fully saturated rings. The lowest BCUT2D eigenvalue weighted by Gasteiger charge is -2.29. The summed E-state index contributed by atoms with van der Waals surface area (Å²) in [4.78, 5) is 42.6. The van der Waals surface area contributed by atoms with E-state index in [0.29, 0.717) is 16.8 Å². The molecule has 0 bridgehead atoms. The quantitative estimate of drug-likeness (QED) is 0.719. The molecule has 2 N–H and O–H groups in total. The largest absolute Gasteiger partial charge is 0.348 e. The minimum Gasteiger partial charge on any atom is -0.348 e. The van der Waals surface area contributed by atoms with E-state index < -0.39 is 29.9 Å². The smallest absolute Gasteiger partial charge is 0.258 e. The van der Waals surface area contributed by atoms with E-state index in [1.165, 1.54) is 39.0 Å². The minimum absolute atomic E-state index is 0.0232. The Morgan fingerprint density at radius 2 is 1.64 bits per heavy atom. The molecule has 3 amide bonds. The molecule has 176 valence electrons. The van der Waals surface area contributed by atoms with E-state index in [1.54, 1.807) is 45.4 Å². The highest BCUT2D eigenvalue weighted by molar-refractivity contribution is 6.05. The lowest BCUT2D eigenvalue weighted by molar-refractivity contribution is -0.138. The first kappa shape index (κ1) is 24.3. The summed E-state index contributed by atoms with van der Waals surface area (Å²) in [6.45, 7) is 0.246. The van der Waals surface area contributed by atoms with Gasteiger partial charge >= 0.3 is 0 Å². The van der Waals surface area contributed by atoms with Crippen LogP contribution >= 0.6 is 0 Å². The summed E-state index contributed by atoms with van der Waals surface area (Å²) < 4.78 is 26.7. The van der Waals surface area contributed by atoms with Crippen molar-refractivity contribution < 1.29 is 23.2 Å². The maximum absolute atomic E-state index is 13.6. The highest BCUT2D eigenvalue weighted by atomic mass is 19.1. The van der Waals surface area contributed by atoms with Gasteiger partial charge < -0.3 is 20.4 Å². The third-order valence-corrected chi connectivity index (χ3v) is 5.83. The number of hydrogen-bond acceptors (Lipinski definition) is 4. The molecule has 7 nitrogen and oxygen atoms in total. The Morgan fingerprint density at radius 1 is 1.03 bits per heavy atom. The molecule has 1 aliphatic rings. The van der Waals surface area contributed by atoms with Crippen LogP contribution in [0.15, 0.2) is 48.5 Å². The second kappa shape index (κ2) is 10.1. The van der Waals surface area contributed by atoms with Crippen molar-refractivity contribution in [2.45, 2.75) is 24.6 Å². The van der Waals surface area contributed by atoms with Crippen LogP contribution in [0.5, 0.6) is 0 Å². The van der Waals surface area contributed by atoms with Crippen molar-refractivity contribution in [3.05, 3.63) is 65.5 Å². The minimum atomic E-state index is -1.17. The van der Waals surface area contributed by atoms with Gasteiger partial charge in [0.2, 0.25) is 11.8 Å². The first-order valence-electron chi connectivity index (χ1n) is 10.6. The topological polar surface area (TPSA) is 87.0 Å². The molecule has 0 aliphatic carbocycles. The molecule has 3 rings (SSSR count). The molecule has 1 heterocycles. The van der Waals surface area contributed by atoms with Gasteiger partial charge in [-0.1, -0.05) is 12.1 Å². The van der Waals surface area contributed by atoms with Gasteiger partial charge in [0.05, 0.1) is 12.5 Å². The van der Waals surface area contributed by atoms with Gasteiger partial charge in [0, 0.05) is 38.9 Å². The van der Waals surface area contributed by atoms with Crippen molar-refractivity contribution in [2.24, 2.45) is 5.73 Å². The molecular formula is C24H28F2N4O3. The van der Waals surface area contributed by atoms with Crippen LogP contribution < -0.4 is 10.6 Å². The Kier molecular flexibility index (Phi) is 7.43. The van der Waals surface area contributed by atoms with Gasteiger partial charge in [-0.3, -0.25) is 14.4 Å². The van der Waals surface area contributed by atoms with Gasteiger partial charge in [0.1, 0.15) is 18.0 Å². The molecule has 0 saturated carbocycles. The monoisotopic (exact) mass is 458 g/mol. The normalized spacial score (nSPS) is 17.4. The summed E-state index contributed by atoms with van der Waals surface area (Å²) >= 11 is 0. The maximum atomic E-state index is 13.6. The molecule has 0 radical (unpaired) electrons. The average molecular weight is 459 g/mol. The van der Waals surface area contributed by atoms with E-state index in [0.717, 1.165) is 0 Å². The van der Waals surface area contributed by atoms with E-state index in [9.17, 15) is 23.2 Å². The molecule has 9 heteroatoms. The number of likely N-dealkylation sites (N-methyl/N-ethyl adjacent to an activating group) is 1. The summed E-state index contributed by atoms with van der Waals surface area (Å²) in [5, 5.41) is 0. The number of nitrogens with two attached hydrogens (primary N) is 1. The van der Waals surface area contributed by atoms with Crippen molar-refractivity contribution in [3.8, 4) is 0 Å². The summed E-state index contributed by atoms with van der Waals surface area (Å²) in [7, 11) is 4.73. The predicted molar refractivity (Wildman–Crippen MR) is 121 cm³/mol. The Balaban J connectivity index is 1.83. The average Bonchev–Trinajstić information content (AvgIpc) is 3.24. The first-order chi connectivity index (χ1) is 15.6. The standard InChI is InChI=1S/C24H28F2N4O3/c1-28(2)23(32)20(21(27)24(33)30-13-12-18(26)14-30)15-6-10-19(11-7-15)29(3)22(31)16-4-8-17(25)9-5-16/h4-11,18,20-21H,12-14,27H2,1-3H3/t18-,20-,21-/m0/s1. The molecule has 0 spiro atoms. The highest BCUT2D eigenvalue weighted by Gasteiger charge is 2.38. The van der Waals surface area contributed by atoms with Crippen LogP contribution in [-0.4, -0.2) is 74.0 Å². The SMILES string of the molecule is CN(C)C(=O)[C@@H](c1ccc(N(C)C(=O)c2ccc(F)cc2)cc1)[C@H](N)C(=O)N1CC[C@H](F)C1. The van der Waals surface area contributed by atoms with Gasteiger partial charge in [-0.05, 0) is 48.4 Å². The molecule has 33 heavy (non-hydrogen) atoms. The van der Waals surface area contributed by atoms with Crippen molar-refractivity contribution in [3.63, 3.8) is 0 Å². The summed E-state index contributed by atoms with van der Waals surface area (Å²) in [6, 6.07) is 10.6. The zero-order chi connectivity index (χ0) is 24.3. The van der Waals surface area contributed by atoms with Crippen LogP contribution in [0.3, 0.4) is 0 Å². The summed E-state index contributed by atoms with van der Waals surface area (Å²) in [5.74, 6) is -2.54. The lowest BCUT2D eigenvalue weighted by atomic mass is 9.89. The van der Waals surface area contributed by atoms with E-state index in [1.807, 2.05) is 0 Å². The number of halogens is 2. The number of anilines is 1. The zero-order valence-corrected chi connectivity index (χ0v) is 18.9. The van der Waals surface area contributed by atoms with Crippen molar-refractivity contribution >= 4 is 23.4 Å². The summed E-state index contributed by atoms with van der Waals surface area (Å²) in [5.41, 5.74) is 7.62. The maximum Gasteiger partial charge on any atom is 0.258 e. The van der Waals surface area contributed by atoms with E-state index in [2.05, 4.69) is 0 Å². The molecule has 2 aromatic rings. The first-order valence-corrected chi connectivity index (χ1v) is 10.6. The van der Waals surface area contributed by atoms with Crippen molar-refractivity contribution in [1.29, 1.82) is 0 Å². The number of amides is 3. The van der Waals surface area contributed by atoms with E-state index >= 15 is 0 Å². The summed E-state index contributed by atoms with van der Waals surface area (Å²) in [6.07, 6.45) is -0.828.